The van der Waals surface area contributed by atoms with Gasteiger partial charge in [0, 0.05) is 25.0 Å². The SMILES string of the molecule is CC[C@@H]1C[C@H](CS(=O)(=O)C2CC(F)(F)C2)C[C@@H]1c1nnc2cnc3[nH]ccc3n12. The van der Waals surface area contributed by atoms with Gasteiger partial charge in [0.25, 0.3) is 5.92 Å². The Kier molecular flexibility index (Phi) is 4.20. The van der Waals surface area contributed by atoms with Crippen LogP contribution in [0.25, 0.3) is 16.8 Å². The number of aromatic amines is 1. The molecule has 0 aliphatic heterocycles. The zero-order valence-corrected chi connectivity index (χ0v) is 16.9. The number of H-pyrrole nitrogens is 1. The van der Waals surface area contributed by atoms with Gasteiger partial charge in [0.2, 0.25) is 0 Å². The summed E-state index contributed by atoms with van der Waals surface area (Å²) in [5.41, 5.74) is 2.30. The second-order valence-electron chi connectivity index (χ2n) is 8.55. The molecule has 0 spiro atoms. The lowest BCUT2D eigenvalue weighted by Crippen LogP contribution is -2.46. The monoisotopic (exact) mass is 423 g/mol. The zero-order chi connectivity index (χ0) is 20.4. The van der Waals surface area contributed by atoms with Crippen molar-refractivity contribution in [3.8, 4) is 0 Å². The van der Waals surface area contributed by atoms with Crippen molar-refractivity contribution in [3.05, 3.63) is 24.3 Å². The molecule has 0 bridgehead atoms. The minimum Gasteiger partial charge on any atom is -0.345 e. The van der Waals surface area contributed by atoms with Gasteiger partial charge in [-0.3, -0.25) is 4.40 Å². The number of sulfone groups is 1. The summed E-state index contributed by atoms with van der Waals surface area (Å²) < 4.78 is 53.5. The standard InChI is InChI=1S/C19H23F2N5O2S/c1-2-12-5-11(10-29(27,28)13-7-19(20,21)8-13)6-14(12)18-25-24-16-9-23-17-15(26(16)18)3-4-22-17/h3-4,9,11-14,22H,2,5-8,10H2,1H3/t11-,12+,14-/m0/s1. The molecule has 3 heterocycles. The van der Waals surface area contributed by atoms with Crippen molar-refractivity contribution in [2.75, 3.05) is 5.75 Å². The van der Waals surface area contributed by atoms with Gasteiger partial charge in [0.05, 0.1) is 22.7 Å². The molecule has 2 fully saturated rings. The van der Waals surface area contributed by atoms with Crippen LogP contribution in [0.2, 0.25) is 0 Å². The first-order valence-corrected chi connectivity index (χ1v) is 11.8. The van der Waals surface area contributed by atoms with E-state index in [1.807, 2.05) is 16.7 Å². The summed E-state index contributed by atoms with van der Waals surface area (Å²) in [6, 6.07) is 1.93. The van der Waals surface area contributed by atoms with Crippen LogP contribution in [0.1, 0.15) is 50.8 Å². The predicted octanol–water partition coefficient (Wildman–Crippen LogP) is 3.34. The number of rotatable bonds is 5. The third-order valence-electron chi connectivity index (χ3n) is 6.64. The highest BCUT2D eigenvalue weighted by Crippen LogP contribution is 2.47. The summed E-state index contributed by atoms with van der Waals surface area (Å²) in [6.45, 7) is 2.09. The Bertz CT molecular complexity index is 1160. The number of nitrogens with zero attached hydrogens (tertiary/aromatic N) is 4. The molecule has 1 N–H and O–H groups in total. The van der Waals surface area contributed by atoms with E-state index >= 15 is 0 Å². The van der Waals surface area contributed by atoms with E-state index in [0.29, 0.717) is 12.1 Å². The van der Waals surface area contributed by atoms with Crippen molar-refractivity contribution in [2.24, 2.45) is 11.8 Å². The number of fused-ring (bicyclic) bond motifs is 3. The molecule has 7 nitrogen and oxygen atoms in total. The first kappa shape index (κ1) is 18.9. The minimum absolute atomic E-state index is 0.0153. The number of aromatic nitrogens is 5. The van der Waals surface area contributed by atoms with Crippen molar-refractivity contribution in [2.45, 2.75) is 56.1 Å². The van der Waals surface area contributed by atoms with Crippen LogP contribution < -0.4 is 0 Å². The summed E-state index contributed by atoms with van der Waals surface area (Å²) in [4.78, 5) is 7.43. The Balaban J connectivity index is 1.42. The number of hydrogen-bond donors (Lipinski definition) is 1. The maximum Gasteiger partial charge on any atom is 0.250 e. The van der Waals surface area contributed by atoms with Gasteiger partial charge in [-0.2, -0.15) is 0 Å². The lowest BCUT2D eigenvalue weighted by Gasteiger charge is -2.34. The van der Waals surface area contributed by atoms with Gasteiger partial charge in [0.15, 0.2) is 21.1 Å². The van der Waals surface area contributed by atoms with E-state index in [1.54, 1.807) is 6.20 Å². The third-order valence-corrected chi connectivity index (χ3v) is 8.93. The van der Waals surface area contributed by atoms with E-state index in [2.05, 4.69) is 27.1 Å². The summed E-state index contributed by atoms with van der Waals surface area (Å²) in [7, 11) is -3.51. The van der Waals surface area contributed by atoms with E-state index in [1.165, 1.54) is 0 Å². The lowest BCUT2D eigenvalue weighted by atomic mass is 9.93. The Morgan fingerprint density at radius 3 is 2.79 bits per heavy atom. The van der Waals surface area contributed by atoms with Gasteiger partial charge < -0.3 is 4.98 Å². The normalized spacial score (nSPS) is 27.6. The molecule has 0 amide bonds. The smallest absolute Gasteiger partial charge is 0.250 e. The van der Waals surface area contributed by atoms with Gasteiger partial charge in [-0.1, -0.05) is 13.3 Å². The Morgan fingerprint density at radius 2 is 2.07 bits per heavy atom. The number of alkyl halides is 2. The first-order valence-electron chi connectivity index (χ1n) is 10.0. The molecule has 2 saturated carbocycles. The molecule has 2 aliphatic carbocycles. The van der Waals surface area contributed by atoms with Crippen LogP contribution >= 0.6 is 0 Å². The average molecular weight is 423 g/mol. The van der Waals surface area contributed by atoms with E-state index in [4.69, 9.17) is 0 Å². The zero-order valence-electron chi connectivity index (χ0n) is 16.1. The summed E-state index contributed by atoms with van der Waals surface area (Å²) in [5, 5.41) is 7.80. The highest BCUT2D eigenvalue weighted by molar-refractivity contribution is 7.92. The summed E-state index contributed by atoms with van der Waals surface area (Å²) in [6.07, 6.45) is 4.77. The van der Waals surface area contributed by atoms with Gasteiger partial charge in [-0.25, -0.2) is 22.2 Å². The molecular weight excluding hydrogens is 400 g/mol. The van der Waals surface area contributed by atoms with Gasteiger partial charge in [-0.15, -0.1) is 10.2 Å². The van der Waals surface area contributed by atoms with Gasteiger partial charge >= 0.3 is 0 Å². The lowest BCUT2D eigenvalue weighted by molar-refractivity contribution is -0.0686. The quantitative estimate of drug-likeness (QED) is 0.679. The molecule has 29 heavy (non-hydrogen) atoms. The van der Waals surface area contributed by atoms with Crippen LogP contribution in [-0.4, -0.2) is 49.9 Å². The molecule has 3 atom stereocenters. The van der Waals surface area contributed by atoms with Crippen molar-refractivity contribution in [1.29, 1.82) is 0 Å². The topological polar surface area (TPSA) is 93.0 Å². The van der Waals surface area contributed by atoms with Gasteiger partial charge in [0.1, 0.15) is 5.82 Å². The molecular formula is C19H23F2N5O2S. The van der Waals surface area contributed by atoms with Crippen molar-refractivity contribution in [1.82, 2.24) is 24.6 Å². The van der Waals surface area contributed by atoms with Crippen LogP contribution in [-0.2, 0) is 9.84 Å². The maximum absolute atomic E-state index is 13.2. The molecule has 10 heteroatoms. The highest BCUT2D eigenvalue weighted by atomic mass is 32.2. The van der Waals surface area contributed by atoms with Crippen molar-refractivity contribution >= 4 is 26.6 Å². The van der Waals surface area contributed by atoms with E-state index < -0.39 is 33.9 Å². The second-order valence-corrected chi connectivity index (χ2v) is 10.9. The van der Waals surface area contributed by atoms with E-state index in [-0.39, 0.29) is 23.5 Å². The molecule has 0 radical (unpaired) electrons. The third kappa shape index (κ3) is 3.12. The fraction of sp³-hybridized carbons (Fsp3) is 0.632. The van der Waals surface area contributed by atoms with Crippen LogP contribution in [0.3, 0.4) is 0 Å². The number of hydrogen-bond acceptors (Lipinski definition) is 5. The fourth-order valence-corrected chi connectivity index (χ4v) is 7.30. The molecule has 5 rings (SSSR count). The van der Waals surface area contributed by atoms with Crippen LogP contribution in [0.5, 0.6) is 0 Å². The van der Waals surface area contributed by atoms with Crippen molar-refractivity contribution < 1.29 is 17.2 Å². The largest absolute Gasteiger partial charge is 0.345 e. The predicted molar refractivity (Wildman–Crippen MR) is 104 cm³/mol. The molecule has 2 aliphatic rings. The van der Waals surface area contributed by atoms with E-state index in [0.717, 1.165) is 29.8 Å². The highest BCUT2D eigenvalue weighted by Gasteiger charge is 2.52. The van der Waals surface area contributed by atoms with Crippen molar-refractivity contribution in [3.63, 3.8) is 0 Å². The van der Waals surface area contributed by atoms with E-state index in [9.17, 15) is 17.2 Å². The molecule has 0 saturated heterocycles. The fourth-order valence-electron chi connectivity index (χ4n) is 5.11. The van der Waals surface area contributed by atoms with Crippen LogP contribution in [0, 0.1) is 11.8 Å². The average Bonchev–Trinajstić information content (AvgIpc) is 3.35. The molecule has 156 valence electrons. The second kappa shape index (κ2) is 6.45. The Labute approximate surface area is 166 Å². The minimum atomic E-state index is -3.51. The summed E-state index contributed by atoms with van der Waals surface area (Å²) in [5.74, 6) is -1.68. The molecule has 3 aromatic rings. The molecule has 0 aromatic carbocycles. The van der Waals surface area contributed by atoms with Crippen LogP contribution in [0.4, 0.5) is 8.78 Å². The number of nitrogens with one attached hydrogen (secondary N) is 1. The Morgan fingerprint density at radius 1 is 1.28 bits per heavy atom. The Hall–Kier alpha value is -2.10. The first-order chi connectivity index (χ1) is 13.8. The molecule has 3 aromatic heterocycles. The molecule has 0 unspecified atom stereocenters. The number of halogens is 2. The van der Waals surface area contributed by atoms with Gasteiger partial charge in [-0.05, 0) is 30.7 Å². The summed E-state index contributed by atoms with van der Waals surface area (Å²) >= 11 is 0. The maximum atomic E-state index is 13.2. The van der Waals surface area contributed by atoms with Crippen LogP contribution in [0.15, 0.2) is 18.5 Å².